The van der Waals surface area contributed by atoms with Crippen molar-refractivity contribution < 1.29 is 42.2 Å². The van der Waals surface area contributed by atoms with Gasteiger partial charge >= 0.3 is 6.61 Å². The maximum absolute atomic E-state index is 13.5. The van der Waals surface area contributed by atoms with Crippen molar-refractivity contribution >= 4 is 23.5 Å². The van der Waals surface area contributed by atoms with Crippen LogP contribution in [0.2, 0.25) is 0 Å². The van der Waals surface area contributed by atoms with E-state index in [2.05, 4.69) is 20.7 Å². The summed E-state index contributed by atoms with van der Waals surface area (Å²) in [6.07, 6.45) is 0.414. The zero-order chi connectivity index (χ0) is 30.0. The molecule has 3 N–H and O–H groups in total. The minimum Gasteiger partial charge on any atom is -0.379 e. The molecule has 13 heteroatoms. The van der Waals surface area contributed by atoms with Gasteiger partial charge in [0.2, 0.25) is 17.7 Å². The molecule has 4 atom stereocenters. The summed E-state index contributed by atoms with van der Waals surface area (Å²) >= 11 is 0. The molecule has 3 amide bonds. The van der Waals surface area contributed by atoms with Crippen LogP contribution >= 0.6 is 0 Å². The van der Waals surface area contributed by atoms with Crippen molar-refractivity contribution in [3.63, 3.8) is 0 Å². The molecule has 11 nitrogen and oxygen atoms in total. The Morgan fingerprint density at radius 1 is 0.976 bits per heavy atom. The first-order valence-corrected chi connectivity index (χ1v) is 13.8. The molecular weight excluding hydrogens is 542 g/mol. The van der Waals surface area contributed by atoms with Crippen LogP contribution < -0.4 is 16.0 Å². The zero-order valence-electron chi connectivity index (χ0n) is 23.7. The van der Waals surface area contributed by atoms with Crippen LogP contribution in [0.3, 0.4) is 0 Å². The van der Waals surface area contributed by atoms with Crippen LogP contribution in [0, 0.1) is 5.92 Å². The van der Waals surface area contributed by atoms with E-state index in [0.717, 1.165) is 5.56 Å². The number of amides is 3. The fourth-order valence-electron chi connectivity index (χ4n) is 4.48. The molecule has 0 bridgehead atoms. The fraction of sp³-hybridized carbons (Fsp3) is 0.643. The molecule has 0 aromatic heterocycles. The van der Waals surface area contributed by atoms with Crippen molar-refractivity contribution in [2.45, 2.75) is 64.0 Å². The van der Waals surface area contributed by atoms with Crippen LogP contribution in [0.15, 0.2) is 30.3 Å². The summed E-state index contributed by atoms with van der Waals surface area (Å²) < 4.78 is 40.6. The van der Waals surface area contributed by atoms with Gasteiger partial charge in [0.25, 0.3) is 0 Å². The molecule has 228 valence electrons. The normalized spacial score (nSPS) is 21.1. The number of carbonyl (C=O) groups is 4. The standard InChI is InChI=1S/C28H40F2N4O7/c1-18(2)13-21(25(37)32-20(24(36)28(3)17-41-28)14-19-7-5-4-6-8-19)33-26(38)22(16-40-27(29)30)31-23(35)15-34-9-11-39-12-10-34/h4-8,18,20-22,27H,9-17H2,1-3H3,(H,31,35)(H,32,37)(H,33,38)/t20-,21-,22-,28-/m0/s1. The van der Waals surface area contributed by atoms with Crippen molar-refractivity contribution in [2.24, 2.45) is 5.92 Å². The summed E-state index contributed by atoms with van der Waals surface area (Å²) in [5, 5.41) is 7.79. The Hall–Kier alpha value is -3.00. The number of rotatable bonds is 16. The summed E-state index contributed by atoms with van der Waals surface area (Å²) in [6.45, 7) is 3.53. The molecule has 2 aliphatic rings. The van der Waals surface area contributed by atoms with Gasteiger partial charge in [-0.1, -0.05) is 44.2 Å². The van der Waals surface area contributed by atoms with Crippen molar-refractivity contribution in [1.29, 1.82) is 0 Å². The number of ether oxygens (including phenoxy) is 3. The Bertz CT molecular complexity index is 1030. The Kier molecular flexibility index (Phi) is 12.1. The number of hydrogen-bond acceptors (Lipinski definition) is 8. The average Bonchev–Trinajstić information content (AvgIpc) is 3.68. The summed E-state index contributed by atoms with van der Waals surface area (Å²) in [6, 6.07) is 5.66. The third-order valence-electron chi connectivity index (χ3n) is 6.87. The van der Waals surface area contributed by atoms with E-state index < -0.39 is 54.7 Å². The molecular formula is C28H40F2N4O7. The maximum atomic E-state index is 13.5. The number of nitrogens with zero attached hydrogens (tertiary/aromatic N) is 1. The predicted molar refractivity (Wildman–Crippen MR) is 144 cm³/mol. The molecule has 3 rings (SSSR count). The van der Waals surface area contributed by atoms with Crippen molar-refractivity contribution in [3.05, 3.63) is 35.9 Å². The lowest BCUT2D eigenvalue weighted by Gasteiger charge is -2.28. The molecule has 41 heavy (non-hydrogen) atoms. The molecule has 1 aromatic rings. The van der Waals surface area contributed by atoms with Gasteiger partial charge in [0.1, 0.15) is 17.7 Å². The van der Waals surface area contributed by atoms with E-state index in [1.807, 2.05) is 49.1 Å². The van der Waals surface area contributed by atoms with Crippen LogP contribution in [-0.2, 0) is 39.8 Å². The minimum absolute atomic E-state index is 0.0507. The minimum atomic E-state index is -3.16. The third-order valence-corrected chi connectivity index (χ3v) is 6.87. The van der Waals surface area contributed by atoms with Gasteiger partial charge < -0.3 is 30.2 Å². The van der Waals surface area contributed by atoms with Gasteiger partial charge in [-0.3, -0.25) is 24.1 Å². The van der Waals surface area contributed by atoms with Gasteiger partial charge in [0.05, 0.1) is 39.0 Å². The van der Waals surface area contributed by atoms with Crippen LogP contribution in [0.5, 0.6) is 0 Å². The van der Waals surface area contributed by atoms with Gasteiger partial charge in [0.15, 0.2) is 5.78 Å². The van der Waals surface area contributed by atoms with E-state index in [9.17, 15) is 28.0 Å². The summed E-state index contributed by atoms with van der Waals surface area (Å²) in [4.78, 5) is 54.3. The Balaban J connectivity index is 1.71. The molecule has 1 aromatic carbocycles. The summed E-state index contributed by atoms with van der Waals surface area (Å²) in [5.41, 5.74) is -0.168. The average molecular weight is 583 g/mol. The van der Waals surface area contributed by atoms with E-state index in [0.29, 0.717) is 26.3 Å². The van der Waals surface area contributed by atoms with Crippen LogP contribution in [0.25, 0.3) is 0 Å². The van der Waals surface area contributed by atoms with E-state index in [1.165, 1.54) is 0 Å². The highest BCUT2D eigenvalue weighted by Crippen LogP contribution is 2.29. The summed E-state index contributed by atoms with van der Waals surface area (Å²) in [7, 11) is 0. The van der Waals surface area contributed by atoms with E-state index >= 15 is 0 Å². The largest absolute Gasteiger partial charge is 0.379 e. The first kappa shape index (κ1) is 32.5. The van der Waals surface area contributed by atoms with Gasteiger partial charge in [-0.2, -0.15) is 8.78 Å². The maximum Gasteiger partial charge on any atom is 0.345 e. The molecule has 0 unspecified atom stereocenters. The lowest BCUT2D eigenvalue weighted by molar-refractivity contribution is -0.148. The SMILES string of the molecule is CC(C)C[C@H](NC(=O)[C@H](COC(F)F)NC(=O)CN1CCOCC1)C(=O)N[C@@H](Cc1ccccc1)C(=O)[C@]1(C)CO1. The van der Waals surface area contributed by atoms with Crippen molar-refractivity contribution in [1.82, 2.24) is 20.9 Å². The lowest BCUT2D eigenvalue weighted by atomic mass is 9.94. The van der Waals surface area contributed by atoms with Crippen LogP contribution in [-0.4, -0.2) is 105 Å². The summed E-state index contributed by atoms with van der Waals surface area (Å²) in [5.74, 6) is -2.36. The highest BCUT2D eigenvalue weighted by molar-refractivity contribution is 5.98. The molecule has 2 fully saturated rings. The number of epoxide rings is 1. The number of alkyl halides is 2. The smallest absolute Gasteiger partial charge is 0.345 e. The van der Waals surface area contributed by atoms with Crippen LogP contribution in [0.4, 0.5) is 8.78 Å². The van der Waals surface area contributed by atoms with Crippen molar-refractivity contribution in [2.75, 3.05) is 46.1 Å². The number of halogens is 2. The Morgan fingerprint density at radius 3 is 2.17 bits per heavy atom. The predicted octanol–water partition coefficient (Wildman–Crippen LogP) is 0.659. The molecule has 0 radical (unpaired) electrons. The van der Waals surface area contributed by atoms with Gasteiger partial charge in [-0.05, 0) is 31.2 Å². The second kappa shape index (κ2) is 15.3. The van der Waals surface area contributed by atoms with E-state index in [4.69, 9.17) is 9.47 Å². The number of ketones is 1. The van der Waals surface area contributed by atoms with Gasteiger partial charge in [-0.15, -0.1) is 0 Å². The molecule has 0 aliphatic carbocycles. The number of morpholine rings is 1. The van der Waals surface area contributed by atoms with E-state index in [-0.39, 0.29) is 37.7 Å². The molecule has 0 saturated carbocycles. The second-order valence-electron chi connectivity index (χ2n) is 10.9. The first-order chi connectivity index (χ1) is 19.5. The van der Waals surface area contributed by atoms with Gasteiger partial charge in [-0.25, -0.2) is 0 Å². The highest BCUT2D eigenvalue weighted by Gasteiger charge is 2.50. The van der Waals surface area contributed by atoms with Gasteiger partial charge in [0, 0.05) is 13.1 Å². The molecule has 2 heterocycles. The van der Waals surface area contributed by atoms with Crippen LogP contribution in [0.1, 0.15) is 32.8 Å². The second-order valence-corrected chi connectivity index (χ2v) is 10.9. The number of Topliss-reactive ketones (excluding diaryl/α,β-unsaturated/α-hetero) is 1. The first-order valence-electron chi connectivity index (χ1n) is 13.8. The molecule has 0 spiro atoms. The quantitative estimate of drug-likeness (QED) is 0.242. The topological polar surface area (TPSA) is 139 Å². The zero-order valence-corrected chi connectivity index (χ0v) is 23.7. The number of carbonyl (C=O) groups excluding carboxylic acids is 4. The van der Waals surface area contributed by atoms with Crippen molar-refractivity contribution in [3.8, 4) is 0 Å². The number of nitrogens with one attached hydrogen (secondary N) is 3. The molecule has 2 aliphatic heterocycles. The Morgan fingerprint density at radius 2 is 1.59 bits per heavy atom. The fourth-order valence-corrected chi connectivity index (χ4v) is 4.48. The third kappa shape index (κ3) is 10.7. The molecule has 2 saturated heterocycles. The highest BCUT2D eigenvalue weighted by atomic mass is 19.3. The monoisotopic (exact) mass is 582 g/mol. The number of hydrogen-bond donors (Lipinski definition) is 3. The Labute approximate surface area is 238 Å². The van der Waals surface area contributed by atoms with E-state index in [1.54, 1.807) is 6.92 Å². The lowest BCUT2D eigenvalue weighted by Crippen LogP contribution is -2.58. The number of benzene rings is 1.